The third kappa shape index (κ3) is 2.85. The number of nitro benzene ring substituents is 1. The van der Waals surface area contributed by atoms with E-state index in [2.05, 4.69) is 0 Å². The van der Waals surface area contributed by atoms with Crippen molar-refractivity contribution in [2.24, 2.45) is 0 Å². The van der Waals surface area contributed by atoms with Gasteiger partial charge in [0.05, 0.1) is 28.5 Å². The Kier molecular flexibility index (Phi) is 4.02. The fourth-order valence-corrected chi connectivity index (χ4v) is 2.83. The highest BCUT2D eigenvalue weighted by Gasteiger charge is 2.41. The largest absolute Gasteiger partial charge is 0.481 e. The predicted molar refractivity (Wildman–Crippen MR) is 85.0 cm³/mol. The summed E-state index contributed by atoms with van der Waals surface area (Å²) < 4.78 is 0. The molecule has 0 aromatic heterocycles. The summed E-state index contributed by atoms with van der Waals surface area (Å²) in [6, 6.07) is 10.3. The summed E-state index contributed by atoms with van der Waals surface area (Å²) in [7, 11) is 0. The highest BCUT2D eigenvalue weighted by Crippen LogP contribution is 2.34. The molecule has 1 unspecified atom stereocenters. The van der Waals surface area contributed by atoms with Gasteiger partial charge in [-0.2, -0.15) is 0 Å². The number of hydrogen-bond acceptors (Lipinski definition) is 5. The molecule has 25 heavy (non-hydrogen) atoms. The van der Waals surface area contributed by atoms with Gasteiger partial charge in [0.15, 0.2) is 0 Å². The van der Waals surface area contributed by atoms with Gasteiger partial charge in [0, 0.05) is 12.1 Å². The Morgan fingerprint density at radius 3 is 2.00 bits per heavy atom. The molecule has 2 aromatic carbocycles. The Morgan fingerprint density at radius 2 is 1.56 bits per heavy atom. The number of nitrogens with zero attached hydrogens (tertiary/aromatic N) is 2. The van der Waals surface area contributed by atoms with E-state index in [4.69, 9.17) is 0 Å². The molecule has 3 rings (SSSR count). The maximum atomic E-state index is 12.6. The van der Waals surface area contributed by atoms with Crippen LogP contribution >= 0.6 is 0 Å². The zero-order valence-electron chi connectivity index (χ0n) is 12.8. The van der Waals surface area contributed by atoms with E-state index in [9.17, 15) is 29.6 Å². The number of carbonyl (C=O) groups is 3. The van der Waals surface area contributed by atoms with Gasteiger partial charge in [-0.15, -0.1) is 0 Å². The molecular formula is C17H12N2O6. The quantitative estimate of drug-likeness (QED) is 0.507. The van der Waals surface area contributed by atoms with Crippen LogP contribution < -0.4 is 0 Å². The molecule has 1 aliphatic rings. The molecule has 1 N–H and O–H groups in total. The Bertz CT molecular complexity index is 855. The second kappa shape index (κ2) is 6.16. The fourth-order valence-electron chi connectivity index (χ4n) is 2.83. The molecule has 2 aromatic rings. The normalized spacial score (nSPS) is 14.3. The van der Waals surface area contributed by atoms with Crippen molar-refractivity contribution in [1.82, 2.24) is 4.90 Å². The fraction of sp³-hybridized carbons (Fsp3) is 0.118. The molecule has 2 amide bonds. The van der Waals surface area contributed by atoms with Crippen molar-refractivity contribution in [3.05, 3.63) is 75.3 Å². The SMILES string of the molecule is O=C(O)CC(c1ccc([N+](=O)[O-])cc1)N1C(=O)c2ccccc2C1=O. The Labute approximate surface area is 141 Å². The van der Waals surface area contributed by atoms with Crippen LogP contribution in [0.4, 0.5) is 5.69 Å². The van der Waals surface area contributed by atoms with Crippen LogP contribution in [0.15, 0.2) is 48.5 Å². The van der Waals surface area contributed by atoms with Gasteiger partial charge in [-0.05, 0) is 17.7 Å². The number of carboxylic acids is 1. The molecule has 8 nitrogen and oxygen atoms in total. The highest BCUT2D eigenvalue weighted by molar-refractivity contribution is 6.21. The van der Waals surface area contributed by atoms with Crippen LogP contribution in [0, 0.1) is 10.1 Å². The zero-order valence-corrected chi connectivity index (χ0v) is 12.8. The number of fused-ring (bicyclic) bond motifs is 1. The lowest BCUT2D eigenvalue weighted by atomic mass is 10.0. The molecule has 0 radical (unpaired) electrons. The van der Waals surface area contributed by atoms with E-state index in [1.165, 1.54) is 36.4 Å². The lowest BCUT2D eigenvalue weighted by Crippen LogP contribution is -2.35. The smallest absolute Gasteiger partial charge is 0.305 e. The highest BCUT2D eigenvalue weighted by atomic mass is 16.6. The molecule has 0 fully saturated rings. The molecule has 1 heterocycles. The minimum absolute atomic E-state index is 0.166. The number of carboxylic acid groups (broad SMARTS) is 1. The van der Waals surface area contributed by atoms with Crippen LogP contribution in [0.3, 0.4) is 0 Å². The Morgan fingerprint density at radius 1 is 1.04 bits per heavy atom. The molecule has 0 saturated carbocycles. The Hall–Kier alpha value is -3.55. The van der Waals surface area contributed by atoms with Gasteiger partial charge in [-0.1, -0.05) is 24.3 Å². The summed E-state index contributed by atoms with van der Waals surface area (Å²) >= 11 is 0. The molecule has 126 valence electrons. The van der Waals surface area contributed by atoms with E-state index >= 15 is 0 Å². The number of imide groups is 1. The van der Waals surface area contributed by atoms with Crippen LogP contribution in [-0.4, -0.2) is 32.7 Å². The first kappa shape index (κ1) is 16.3. The Balaban J connectivity index is 2.02. The average Bonchev–Trinajstić information content (AvgIpc) is 2.84. The van der Waals surface area contributed by atoms with Crippen LogP contribution in [0.25, 0.3) is 0 Å². The summed E-state index contributed by atoms with van der Waals surface area (Å²) in [6.45, 7) is 0. The number of non-ortho nitro benzene ring substituents is 1. The van der Waals surface area contributed by atoms with E-state index in [0.717, 1.165) is 4.90 Å². The lowest BCUT2D eigenvalue weighted by molar-refractivity contribution is -0.384. The maximum Gasteiger partial charge on any atom is 0.305 e. The number of hydrogen-bond donors (Lipinski definition) is 1. The predicted octanol–water partition coefficient (Wildman–Crippen LogP) is 2.41. The second-order valence-corrected chi connectivity index (χ2v) is 5.49. The summed E-state index contributed by atoms with van der Waals surface area (Å²) in [5, 5.41) is 19.9. The van der Waals surface area contributed by atoms with Crippen molar-refractivity contribution in [3.63, 3.8) is 0 Å². The standard InChI is InChI=1S/C17H12N2O6/c20-15(21)9-14(10-5-7-11(8-6-10)19(24)25)18-16(22)12-3-1-2-4-13(12)17(18)23/h1-8,14H,9H2,(H,20,21). The average molecular weight is 340 g/mol. The molecular weight excluding hydrogens is 328 g/mol. The van der Waals surface area contributed by atoms with Crippen molar-refractivity contribution < 1.29 is 24.4 Å². The van der Waals surface area contributed by atoms with Gasteiger partial charge in [0.2, 0.25) is 0 Å². The van der Waals surface area contributed by atoms with Crippen LogP contribution in [-0.2, 0) is 4.79 Å². The van der Waals surface area contributed by atoms with Crippen LogP contribution in [0.2, 0.25) is 0 Å². The minimum atomic E-state index is -1.19. The summed E-state index contributed by atoms with van der Waals surface area (Å²) in [5.74, 6) is -2.35. The van der Waals surface area contributed by atoms with Gasteiger partial charge in [-0.3, -0.25) is 29.4 Å². The summed E-state index contributed by atoms with van der Waals surface area (Å²) in [4.78, 5) is 47.5. The van der Waals surface area contributed by atoms with Gasteiger partial charge >= 0.3 is 5.97 Å². The van der Waals surface area contributed by atoms with Crippen molar-refractivity contribution in [1.29, 1.82) is 0 Å². The minimum Gasteiger partial charge on any atom is -0.481 e. The molecule has 0 bridgehead atoms. The molecule has 0 aliphatic carbocycles. The topological polar surface area (TPSA) is 118 Å². The number of rotatable bonds is 5. The van der Waals surface area contributed by atoms with Gasteiger partial charge in [0.25, 0.3) is 17.5 Å². The first-order chi connectivity index (χ1) is 11.9. The third-order valence-electron chi connectivity index (χ3n) is 3.99. The summed E-state index contributed by atoms with van der Waals surface area (Å²) in [6.07, 6.45) is -0.497. The molecule has 1 atom stereocenters. The molecule has 8 heteroatoms. The third-order valence-corrected chi connectivity index (χ3v) is 3.99. The van der Waals surface area contributed by atoms with Gasteiger partial charge < -0.3 is 5.11 Å². The number of amides is 2. The van der Waals surface area contributed by atoms with Crippen molar-refractivity contribution in [2.75, 3.05) is 0 Å². The number of carbonyl (C=O) groups excluding carboxylic acids is 2. The van der Waals surface area contributed by atoms with E-state index in [1.807, 2.05) is 0 Å². The molecule has 1 aliphatic heterocycles. The first-order valence-electron chi connectivity index (χ1n) is 7.33. The second-order valence-electron chi connectivity index (χ2n) is 5.49. The van der Waals surface area contributed by atoms with Gasteiger partial charge in [0.1, 0.15) is 0 Å². The molecule has 0 spiro atoms. The molecule has 0 saturated heterocycles. The van der Waals surface area contributed by atoms with Crippen molar-refractivity contribution >= 4 is 23.5 Å². The zero-order chi connectivity index (χ0) is 18.1. The number of nitro groups is 1. The number of benzene rings is 2. The first-order valence-corrected chi connectivity index (χ1v) is 7.33. The lowest BCUT2D eigenvalue weighted by Gasteiger charge is -2.25. The van der Waals surface area contributed by atoms with E-state index in [1.54, 1.807) is 12.1 Å². The monoisotopic (exact) mass is 340 g/mol. The van der Waals surface area contributed by atoms with E-state index in [0.29, 0.717) is 5.56 Å². The van der Waals surface area contributed by atoms with E-state index < -0.39 is 35.2 Å². The summed E-state index contributed by atoms with van der Waals surface area (Å²) in [5.41, 5.74) is 0.595. The van der Waals surface area contributed by atoms with E-state index in [-0.39, 0.29) is 16.8 Å². The van der Waals surface area contributed by atoms with Crippen molar-refractivity contribution in [3.8, 4) is 0 Å². The van der Waals surface area contributed by atoms with Crippen LogP contribution in [0.5, 0.6) is 0 Å². The number of aliphatic carboxylic acids is 1. The van der Waals surface area contributed by atoms with Crippen LogP contribution in [0.1, 0.15) is 38.7 Å². The van der Waals surface area contributed by atoms with Crippen molar-refractivity contribution in [2.45, 2.75) is 12.5 Å². The van der Waals surface area contributed by atoms with Gasteiger partial charge in [-0.25, -0.2) is 0 Å². The maximum absolute atomic E-state index is 12.6.